The second-order valence-corrected chi connectivity index (χ2v) is 4.89. The van der Waals surface area contributed by atoms with E-state index in [9.17, 15) is 13.2 Å². The number of benzene rings is 1. The van der Waals surface area contributed by atoms with Gasteiger partial charge < -0.3 is 5.32 Å². The Hall–Kier alpha value is -1.75. The smallest absolute Gasteiger partial charge is 0.340 e. The molecule has 1 heterocycles. The number of para-hydroxylation sites is 1. The molecule has 1 unspecified atom stereocenters. The van der Waals surface area contributed by atoms with Crippen molar-refractivity contribution < 1.29 is 13.2 Å². The molecule has 1 atom stereocenters. The van der Waals surface area contributed by atoms with Crippen molar-refractivity contribution in [1.29, 1.82) is 0 Å². The van der Waals surface area contributed by atoms with Gasteiger partial charge in [-0.1, -0.05) is 24.3 Å². The van der Waals surface area contributed by atoms with Crippen molar-refractivity contribution in [2.45, 2.75) is 18.5 Å². The largest absolute Gasteiger partial charge is 0.433 e. The van der Waals surface area contributed by atoms with Crippen LogP contribution < -0.4 is 5.32 Å². The predicted octanol–water partition coefficient (Wildman–Crippen LogP) is 5.14. The number of nitrogens with zero attached hydrogens (tertiary/aromatic N) is 1. The second kappa shape index (κ2) is 5.71. The maximum atomic E-state index is 12.6. The molecule has 2 aromatic rings. The van der Waals surface area contributed by atoms with E-state index in [1.807, 2.05) is 12.1 Å². The standard InChI is InChI=1S/C14H12ClF3N2/c1-9(15)10-5-2-3-6-11(10)19-13-8-4-7-12(20-13)14(16,17)18/h2-9H,1H3,(H,19,20). The summed E-state index contributed by atoms with van der Waals surface area (Å²) in [6, 6.07) is 10.9. The molecule has 1 aromatic carbocycles. The summed E-state index contributed by atoms with van der Waals surface area (Å²) in [5, 5.41) is 2.61. The van der Waals surface area contributed by atoms with Crippen LogP contribution in [0.2, 0.25) is 0 Å². The number of aromatic nitrogens is 1. The zero-order valence-corrected chi connectivity index (χ0v) is 11.3. The van der Waals surface area contributed by atoms with Crippen LogP contribution in [0.3, 0.4) is 0 Å². The Labute approximate surface area is 119 Å². The van der Waals surface area contributed by atoms with Crippen LogP contribution in [0.15, 0.2) is 42.5 Å². The van der Waals surface area contributed by atoms with Gasteiger partial charge >= 0.3 is 6.18 Å². The average Bonchev–Trinajstić information content (AvgIpc) is 2.38. The molecule has 6 heteroatoms. The first-order valence-electron chi connectivity index (χ1n) is 5.92. The van der Waals surface area contributed by atoms with E-state index in [0.29, 0.717) is 5.69 Å². The molecule has 0 fully saturated rings. The van der Waals surface area contributed by atoms with Crippen LogP contribution in [0, 0.1) is 0 Å². The quantitative estimate of drug-likeness (QED) is 0.794. The molecule has 0 aliphatic heterocycles. The lowest BCUT2D eigenvalue weighted by molar-refractivity contribution is -0.141. The summed E-state index contributed by atoms with van der Waals surface area (Å²) in [6.07, 6.45) is -4.46. The van der Waals surface area contributed by atoms with E-state index in [1.54, 1.807) is 19.1 Å². The fraction of sp³-hybridized carbons (Fsp3) is 0.214. The van der Waals surface area contributed by atoms with E-state index < -0.39 is 11.9 Å². The van der Waals surface area contributed by atoms with Crippen molar-refractivity contribution in [1.82, 2.24) is 4.98 Å². The van der Waals surface area contributed by atoms with Crippen LogP contribution in [-0.4, -0.2) is 4.98 Å². The van der Waals surface area contributed by atoms with Gasteiger partial charge in [0.05, 0.1) is 5.38 Å². The second-order valence-electron chi connectivity index (χ2n) is 4.23. The summed E-state index contributed by atoms with van der Waals surface area (Å²) in [4.78, 5) is 3.56. The van der Waals surface area contributed by atoms with Crippen molar-refractivity contribution in [3.63, 3.8) is 0 Å². The monoisotopic (exact) mass is 300 g/mol. The molecular formula is C14H12ClF3N2. The average molecular weight is 301 g/mol. The van der Waals surface area contributed by atoms with Gasteiger partial charge in [-0.2, -0.15) is 13.2 Å². The number of hydrogen-bond donors (Lipinski definition) is 1. The summed E-state index contributed by atoms with van der Waals surface area (Å²) >= 11 is 6.04. The number of nitrogens with one attached hydrogen (secondary N) is 1. The summed E-state index contributed by atoms with van der Waals surface area (Å²) in [5.41, 5.74) is 0.508. The first-order chi connectivity index (χ1) is 9.38. The Morgan fingerprint density at radius 3 is 2.45 bits per heavy atom. The summed E-state index contributed by atoms with van der Waals surface area (Å²) in [7, 11) is 0. The molecule has 0 saturated carbocycles. The third-order valence-corrected chi connectivity index (χ3v) is 2.93. The van der Waals surface area contributed by atoms with Crippen LogP contribution in [0.1, 0.15) is 23.6 Å². The van der Waals surface area contributed by atoms with Gasteiger partial charge in [-0.25, -0.2) is 4.98 Å². The normalized spacial score (nSPS) is 13.1. The van der Waals surface area contributed by atoms with Crippen molar-refractivity contribution in [3.8, 4) is 0 Å². The third kappa shape index (κ3) is 3.42. The van der Waals surface area contributed by atoms with Gasteiger partial charge in [0.15, 0.2) is 0 Å². The van der Waals surface area contributed by atoms with E-state index >= 15 is 0 Å². The van der Waals surface area contributed by atoms with E-state index in [1.165, 1.54) is 12.1 Å². The number of hydrogen-bond acceptors (Lipinski definition) is 2. The Kier molecular flexibility index (Phi) is 4.18. The van der Waals surface area contributed by atoms with Crippen LogP contribution in [0.4, 0.5) is 24.7 Å². The Morgan fingerprint density at radius 1 is 1.10 bits per heavy atom. The number of alkyl halides is 4. The number of anilines is 2. The van der Waals surface area contributed by atoms with Gasteiger partial charge in [0, 0.05) is 5.69 Å². The third-order valence-electron chi connectivity index (χ3n) is 2.69. The lowest BCUT2D eigenvalue weighted by Crippen LogP contribution is -2.09. The first-order valence-corrected chi connectivity index (χ1v) is 6.36. The molecule has 0 bridgehead atoms. The number of halogens is 4. The molecule has 0 aliphatic carbocycles. The van der Waals surface area contributed by atoms with E-state index in [4.69, 9.17) is 11.6 Å². The minimum atomic E-state index is -4.46. The minimum absolute atomic E-state index is 0.129. The predicted molar refractivity (Wildman–Crippen MR) is 73.2 cm³/mol. The number of pyridine rings is 1. The van der Waals surface area contributed by atoms with Crippen LogP contribution in [0.25, 0.3) is 0 Å². The highest BCUT2D eigenvalue weighted by atomic mass is 35.5. The lowest BCUT2D eigenvalue weighted by Gasteiger charge is -2.14. The van der Waals surface area contributed by atoms with Gasteiger partial charge in [0.25, 0.3) is 0 Å². The van der Waals surface area contributed by atoms with Gasteiger partial charge in [-0.3, -0.25) is 0 Å². The zero-order valence-electron chi connectivity index (χ0n) is 10.6. The van der Waals surface area contributed by atoms with Crippen molar-refractivity contribution >= 4 is 23.1 Å². The molecule has 0 amide bonds. The Balaban J connectivity index is 2.31. The lowest BCUT2D eigenvalue weighted by atomic mass is 10.1. The Bertz CT molecular complexity index is 597. The molecule has 0 spiro atoms. The van der Waals surface area contributed by atoms with Gasteiger partial charge in [0.1, 0.15) is 11.5 Å². The minimum Gasteiger partial charge on any atom is -0.340 e. The highest BCUT2D eigenvalue weighted by molar-refractivity contribution is 6.21. The molecular weight excluding hydrogens is 289 g/mol. The maximum Gasteiger partial charge on any atom is 0.433 e. The molecule has 106 valence electrons. The van der Waals surface area contributed by atoms with E-state index in [0.717, 1.165) is 11.6 Å². The maximum absolute atomic E-state index is 12.6. The van der Waals surface area contributed by atoms with Gasteiger partial charge in [-0.15, -0.1) is 11.6 Å². The summed E-state index contributed by atoms with van der Waals surface area (Å²) in [5.74, 6) is 0.129. The first kappa shape index (κ1) is 14.7. The van der Waals surface area contributed by atoms with Crippen molar-refractivity contribution in [2.24, 2.45) is 0 Å². The fourth-order valence-electron chi connectivity index (χ4n) is 1.76. The number of rotatable bonds is 3. The molecule has 2 nitrogen and oxygen atoms in total. The SMILES string of the molecule is CC(Cl)c1ccccc1Nc1cccc(C(F)(F)F)n1. The fourth-order valence-corrected chi connectivity index (χ4v) is 1.95. The van der Waals surface area contributed by atoms with Crippen molar-refractivity contribution in [2.75, 3.05) is 5.32 Å². The molecule has 0 aliphatic rings. The van der Waals surface area contributed by atoms with Crippen LogP contribution in [0.5, 0.6) is 0 Å². The topological polar surface area (TPSA) is 24.9 Å². The van der Waals surface area contributed by atoms with Crippen LogP contribution in [-0.2, 0) is 6.18 Å². The molecule has 1 N–H and O–H groups in total. The zero-order chi connectivity index (χ0) is 14.8. The highest BCUT2D eigenvalue weighted by Crippen LogP contribution is 2.31. The van der Waals surface area contributed by atoms with Crippen LogP contribution >= 0.6 is 11.6 Å². The molecule has 0 saturated heterocycles. The molecule has 1 aromatic heterocycles. The summed E-state index contributed by atoms with van der Waals surface area (Å²) in [6.45, 7) is 1.79. The van der Waals surface area contributed by atoms with Gasteiger partial charge in [-0.05, 0) is 30.7 Å². The highest BCUT2D eigenvalue weighted by Gasteiger charge is 2.32. The molecule has 2 rings (SSSR count). The van der Waals surface area contributed by atoms with Gasteiger partial charge in [0.2, 0.25) is 0 Å². The molecule has 20 heavy (non-hydrogen) atoms. The van der Waals surface area contributed by atoms with E-state index in [-0.39, 0.29) is 11.2 Å². The molecule has 0 radical (unpaired) electrons. The van der Waals surface area contributed by atoms with E-state index in [2.05, 4.69) is 10.3 Å². The summed E-state index contributed by atoms with van der Waals surface area (Å²) < 4.78 is 37.8. The Morgan fingerprint density at radius 2 is 1.80 bits per heavy atom. The van der Waals surface area contributed by atoms with Crippen molar-refractivity contribution in [3.05, 3.63) is 53.7 Å².